The highest BCUT2D eigenvalue weighted by atomic mass is 16.2. The summed E-state index contributed by atoms with van der Waals surface area (Å²) in [5.41, 5.74) is 1.78. The number of H-pyrrole nitrogens is 1. The minimum absolute atomic E-state index is 0.0912. The molecule has 0 radical (unpaired) electrons. The first-order chi connectivity index (χ1) is 12.0. The predicted molar refractivity (Wildman–Crippen MR) is 96.6 cm³/mol. The summed E-state index contributed by atoms with van der Waals surface area (Å²) in [5.74, 6) is 0.558. The average Bonchev–Trinajstić information content (AvgIpc) is 2.60. The molecule has 25 heavy (non-hydrogen) atoms. The lowest BCUT2D eigenvalue weighted by Gasteiger charge is -2.44. The molecule has 2 aromatic rings. The third-order valence-electron chi connectivity index (χ3n) is 4.35. The fourth-order valence-corrected chi connectivity index (χ4v) is 2.71. The lowest BCUT2D eigenvalue weighted by atomic mass is 10.1. The maximum atomic E-state index is 12.2. The van der Waals surface area contributed by atoms with Gasteiger partial charge in [-0.1, -0.05) is 6.58 Å². The molecule has 130 valence electrons. The molecule has 0 aromatic carbocycles. The minimum Gasteiger partial charge on any atom is -0.372 e. The van der Waals surface area contributed by atoms with E-state index in [1.54, 1.807) is 36.6 Å². The van der Waals surface area contributed by atoms with Gasteiger partial charge in [0.1, 0.15) is 11.5 Å². The molecule has 1 saturated heterocycles. The number of anilines is 2. The van der Waals surface area contributed by atoms with Crippen molar-refractivity contribution in [3.8, 4) is 11.3 Å². The van der Waals surface area contributed by atoms with E-state index >= 15 is 0 Å². The maximum absolute atomic E-state index is 12.2. The number of carbonyl (C=O) groups is 1. The minimum atomic E-state index is -0.183. The fourth-order valence-electron chi connectivity index (χ4n) is 2.71. The van der Waals surface area contributed by atoms with Crippen molar-refractivity contribution in [2.75, 3.05) is 37.4 Å². The molecule has 1 fully saturated rings. The van der Waals surface area contributed by atoms with Crippen LogP contribution in [0.15, 0.2) is 42.1 Å². The van der Waals surface area contributed by atoms with Crippen LogP contribution in [0.2, 0.25) is 0 Å². The highest BCUT2D eigenvalue weighted by Crippen LogP contribution is 2.23. The Morgan fingerprint density at radius 1 is 1.48 bits per heavy atom. The molecule has 1 aliphatic heterocycles. The molecule has 0 aliphatic carbocycles. The summed E-state index contributed by atoms with van der Waals surface area (Å²) in [6, 6.07) is 1.88. The van der Waals surface area contributed by atoms with Crippen molar-refractivity contribution in [2.24, 2.45) is 0 Å². The monoisotopic (exact) mass is 340 g/mol. The van der Waals surface area contributed by atoms with Crippen LogP contribution in [-0.4, -0.2) is 59.0 Å². The van der Waals surface area contributed by atoms with E-state index in [1.165, 1.54) is 6.08 Å². The zero-order chi connectivity index (χ0) is 18.0. The Bertz CT molecular complexity index is 856. The highest BCUT2D eigenvalue weighted by Gasteiger charge is 2.33. The molecule has 8 nitrogen and oxygen atoms in total. The van der Waals surface area contributed by atoms with Crippen molar-refractivity contribution < 1.29 is 4.79 Å². The van der Waals surface area contributed by atoms with Crippen LogP contribution in [0.3, 0.4) is 0 Å². The summed E-state index contributed by atoms with van der Waals surface area (Å²) in [6.45, 7) is 4.63. The Hall–Kier alpha value is -3.16. The van der Waals surface area contributed by atoms with Gasteiger partial charge in [-0.3, -0.25) is 14.6 Å². The Morgan fingerprint density at radius 3 is 2.92 bits per heavy atom. The van der Waals surface area contributed by atoms with Gasteiger partial charge in [-0.15, -0.1) is 0 Å². The quantitative estimate of drug-likeness (QED) is 0.779. The zero-order valence-corrected chi connectivity index (χ0v) is 14.2. The fraction of sp³-hybridized carbons (Fsp3) is 0.294. The maximum Gasteiger partial charge on any atom is 0.271 e. The van der Waals surface area contributed by atoms with Crippen molar-refractivity contribution in [1.82, 2.24) is 19.9 Å². The van der Waals surface area contributed by atoms with E-state index in [0.29, 0.717) is 30.3 Å². The summed E-state index contributed by atoms with van der Waals surface area (Å²) >= 11 is 0. The second kappa shape index (κ2) is 6.76. The number of likely N-dealkylation sites (N-methyl/N-ethyl adjacent to an activating group) is 1. The second-order valence-electron chi connectivity index (χ2n) is 5.85. The molecule has 2 aromatic heterocycles. The van der Waals surface area contributed by atoms with E-state index in [1.807, 2.05) is 11.9 Å². The smallest absolute Gasteiger partial charge is 0.271 e. The Morgan fingerprint density at radius 2 is 2.24 bits per heavy atom. The summed E-state index contributed by atoms with van der Waals surface area (Å²) in [5, 5.41) is 2.94. The standard InChI is InChI=1S/C17H20N6O2/c1-4-16(24)23-9-12(10-23)22(3)14-5-11(6-20-17(14)25)13-7-19-8-15(18-2)21-13/h4-8,12H,1,9-10H2,2-3H3,(H,18,21)(H,20,25). The van der Waals surface area contributed by atoms with Gasteiger partial charge in [0.25, 0.3) is 5.56 Å². The van der Waals surface area contributed by atoms with Gasteiger partial charge in [0.05, 0.1) is 24.1 Å². The van der Waals surface area contributed by atoms with E-state index < -0.39 is 0 Å². The van der Waals surface area contributed by atoms with Gasteiger partial charge in [0, 0.05) is 38.9 Å². The van der Waals surface area contributed by atoms with Crippen LogP contribution in [0.4, 0.5) is 11.5 Å². The first kappa shape index (κ1) is 16.7. The number of aromatic amines is 1. The predicted octanol–water partition coefficient (Wildman–Crippen LogP) is 0.707. The molecule has 1 amide bonds. The van der Waals surface area contributed by atoms with Gasteiger partial charge in [0.15, 0.2) is 0 Å². The molecule has 0 atom stereocenters. The number of carbonyl (C=O) groups excluding carboxylic acids is 1. The lowest BCUT2D eigenvalue weighted by molar-refractivity contribution is -0.130. The molecule has 8 heteroatoms. The number of amides is 1. The average molecular weight is 340 g/mol. The van der Waals surface area contributed by atoms with Crippen LogP contribution in [0.1, 0.15) is 0 Å². The van der Waals surface area contributed by atoms with Crippen LogP contribution >= 0.6 is 0 Å². The van der Waals surface area contributed by atoms with Gasteiger partial charge in [-0.25, -0.2) is 4.98 Å². The first-order valence-electron chi connectivity index (χ1n) is 7.90. The molecule has 3 rings (SSSR count). The molecular formula is C17H20N6O2. The summed E-state index contributed by atoms with van der Waals surface area (Å²) in [7, 11) is 3.62. The number of aromatic nitrogens is 3. The van der Waals surface area contributed by atoms with Gasteiger partial charge < -0.3 is 20.1 Å². The van der Waals surface area contributed by atoms with E-state index in [2.05, 4.69) is 26.8 Å². The molecule has 3 heterocycles. The second-order valence-corrected chi connectivity index (χ2v) is 5.85. The van der Waals surface area contributed by atoms with Gasteiger partial charge >= 0.3 is 0 Å². The third-order valence-corrected chi connectivity index (χ3v) is 4.35. The number of hydrogen-bond acceptors (Lipinski definition) is 6. The Labute approximate surface area is 145 Å². The molecular weight excluding hydrogens is 320 g/mol. The molecule has 0 unspecified atom stereocenters. The lowest BCUT2D eigenvalue weighted by Crippen LogP contribution is -2.60. The largest absolute Gasteiger partial charge is 0.372 e. The molecule has 1 aliphatic rings. The van der Waals surface area contributed by atoms with Gasteiger partial charge in [-0.2, -0.15) is 0 Å². The van der Waals surface area contributed by atoms with E-state index in [0.717, 1.165) is 5.56 Å². The molecule has 0 bridgehead atoms. The third kappa shape index (κ3) is 3.23. The zero-order valence-electron chi connectivity index (χ0n) is 14.2. The summed E-state index contributed by atoms with van der Waals surface area (Å²) < 4.78 is 0. The Balaban J connectivity index is 1.84. The topological polar surface area (TPSA) is 94.2 Å². The van der Waals surface area contributed by atoms with Crippen molar-refractivity contribution >= 4 is 17.4 Å². The molecule has 0 spiro atoms. The number of nitrogens with zero attached hydrogens (tertiary/aromatic N) is 4. The summed E-state index contributed by atoms with van der Waals surface area (Å²) in [4.78, 5) is 38.7. The van der Waals surface area contributed by atoms with Gasteiger partial charge in [-0.05, 0) is 12.1 Å². The van der Waals surface area contributed by atoms with Crippen LogP contribution in [-0.2, 0) is 4.79 Å². The van der Waals surface area contributed by atoms with Crippen molar-refractivity contribution in [2.45, 2.75) is 6.04 Å². The number of hydrogen-bond donors (Lipinski definition) is 2. The van der Waals surface area contributed by atoms with Crippen LogP contribution in [0.25, 0.3) is 11.3 Å². The molecule has 2 N–H and O–H groups in total. The SMILES string of the molecule is C=CC(=O)N1CC(N(C)c2cc(-c3cncc(NC)n3)c[nH]c2=O)C1. The van der Waals surface area contributed by atoms with Crippen molar-refractivity contribution in [3.05, 3.63) is 47.7 Å². The molecule has 0 saturated carbocycles. The highest BCUT2D eigenvalue weighted by molar-refractivity contribution is 5.87. The normalized spacial score (nSPS) is 13.9. The van der Waals surface area contributed by atoms with Crippen LogP contribution in [0, 0.1) is 0 Å². The van der Waals surface area contributed by atoms with Crippen molar-refractivity contribution in [3.63, 3.8) is 0 Å². The van der Waals surface area contributed by atoms with Crippen LogP contribution in [0.5, 0.6) is 0 Å². The van der Waals surface area contributed by atoms with E-state index in [9.17, 15) is 9.59 Å². The number of likely N-dealkylation sites (tertiary alicyclic amines) is 1. The summed E-state index contributed by atoms with van der Waals surface area (Å²) in [6.07, 6.45) is 6.20. The van der Waals surface area contributed by atoms with Crippen LogP contribution < -0.4 is 15.8 Å². The Kier molecular flexibility index (Phi) is 4.51. The van der Waals surface area contributed by atoms with E-state index in [-0.39, 0.29) is 17.5 Å². The first-order valence-corrected chi connectivity index (χ1v) is 7.90. The number of nitrogens with one attached hydrogen (secondary N) is 2. The van der Waals surface area contributed by atoms with E-state index in [4.69, 9.17) is 0 Å². The number of rotatable bonds is 5. The number of pyridine rings is 1. The van der Waals surface area contributed by atoms with Crippen molar-refractivity contribution in [1.29, 1.82) is 0 Å². The van der Waals surface area contributed by atoms with Gasteiger partial charge in [0.2, 0.25) is 5.91 Å².